The summed E-state index contributed by atoms with van der Waals surface area (Å²) in [6.45, 7) is 1.81. The highest BCUT2D eigenvalue weighted by atomic mass is 79.9. The highest BCUT2D eigenvalue weighted by Gasteiger charge is 2.26. The molecule has 1 atom stereocenters. The van der Waals surface area contributed by atoms with Gasteiger partial charge in [-0.05, 0) is 40.5 Å². The highest BCUT2D eigenvalue weighted by Crippen LogP contribution is 2.23. The summed E-state index contributed by atoms with van der Waals surface area (Å²) >= 11 is 3.14. The van der Waals surface area contributed by atoms with Crippen molar-refractivity contribution in [3.05, 3.63) is 28.2 Å². The quantitative estimate of drug-likeness (QED) is 0.792. The summed E-state index contributed by atoms with van der Waals surface area (Å²) in [5.41, 5.74) is 0.879. The molecule has 7 heteroatoms. The lowest BCUT2D eigenvalue weighted by Crippen LogP contribution is -2.40. The second-order valence-corrected chi connectivity index (χ2v) is 6.39. The average molecular weight is 346 g/mol. The van der Waals surface area contributed by atoms with Crippen molar-refractivity contribution in [1.82, 2.24) is 4.72 Å². The smallest absolute Gasteiger partial charge is 0.322 e. The predicted octanol–water partition coefficient (Wildman–Crippen LogP) is 1.51. The van der Waals surface area contributed by atoms with E-state index in [0.29, 0.717) is 4.47 Å². The molecule has 0 aliphatic carbocycles. The number of hydrogen-bond acceptors (Lipinski definition) is 3. The number of rotatable bonds is 5. The summed E-state index contributed by atoms with van der Waals surface area (Å²) in [6.07, 6.45) is 4.79. The van der Waals surface area contributed by atoms with Gasteiger partial charge >= 0.3 is 5.97 Å². The van der Waals surface area contributed by atoms with Gasteiger partial charge in [-0.25, -0.2) is 8.42 Å². The summed E-state index contributed by atoms with van der Waals surface area (Å²) < 4.78 is 26.6. The molecule has 0 radical (unpaired) electrons. The summed E-state index contributed by atoms with van der Waals surface area (Å²) in [4.78, 5) is 10.9. The summed E-state index contributed by atoms with van der Waals surface area (Å²) in [7, 11) is -3.95. The molecule has 0 saturated heterocycles. The monoisotopic (exact) mass is 345 g/mol. The van der Waals surface area contributed by atoms with Crippen LogP contribution >= 0.6 is 15.9 Å². The van der Waals surface area contributed by atoms with Crippen molar-refractivity contribution in [2.45, 2.75) is 24.3 Å². The third-order valence-corrected chi connectivity index (χ3v) is 4.74. The van der Waals surface area contributed by atoms with Crippen LogP contribution in [0.1, 0.15) is 12.0 Å². The Bertz CT molecular complexity index is 634. The first-order valence-electron chi connectivity index (χ1n) is 5.22. The topological polar surface area (TPSA) is 83.5 Å². The number of nitrogens with one attached hydrogen (secondary N) is 1. The van der Waals surface area contributed by atoms with Crippen LogP contribution in [0.5, 0.6) is 0 Å². The van der Waals surface area contributed by atoms with Gasteiger partial charge < -0.3 is 5.11 Å². The summed E-state index contributed by atoms with van der Waals surface area (Å²) in [5, 5.41) is 8.89. The maximum Gasteiger partial charge on any atom is 0.322 e. The normalized spacial score (nSPS) is 12.7. The van der Waals surface area contributed by atoms with Crippen LogP contribution in [0.4, 0.5) is 0 Å². The fourth-order valence-corrected chi connectivity index (χ4v) is 3.75. The van der Waals surface area contributed by atoms with E-state index in [0.717, 1.165) is 5.56 Å². The Morgan fingerprint density at radius 3 is 2.68 bits per heavy atom. The average Bonchev–Trinajstić information content (AvgIpc) is 2.27. The number of hydrogen-bond donors (Lipinski definition) is 2. The molecule has 1 aromatic rings. The molecule has 0 aliphatic rings. The highest BCUT2D eigenvalue weighted by molar-refractivity contribution is 9.10. The van der Waals surface area contributed by atoms with Crippen molar-refractivity contribution in [3.8, 4) is 12.3 Å². The minimum atomic E-state index is -3.95. The van der Waals surface area contributed by atoms with Crippen molar-refractivity contribution in [2.24, 2.45) is 0 Å². The first-order chi connectivity index (χ1) is 8.77. The van der Waals surface area contributed by atoms with Gasteiger partial charge in [-0.1, -0.05) is 6.07 Å². The van der Waals surface area contributed by atoms with Gasteiger partial charge in [-0.3, -0.25) is 4.79 Å². The number of halogens is 1. The molecule has 0 aliphatic heterocycles. The minimum Gasteiger partial charge on any atom is -0.480 e. The number of aliphatic carboxylic acids is 1. The van der Waals surface area contributed by atoms with Crippen LogP contribution in [0.3, 0.4) is 0 Å². The standard InChI is InChI=1S/C12H12BrNO4S/c1-3-4-10(12(15)16)14-19(17,18)11-6-5-8(2)7-9(11)13/h1,5-7,10,14H,4H2,2H3,(H,15,16). The van der Waals surface area contributed by atoms with Crippen LogP contribution in [0.15, 0.2) is 27.6 Å². The number of terminal acetylenes is 1. The third-order valence-electron chi connectivity index (χ3n) is 2.29. The molecule has 0 saturated carbocycles. The lowest BCUT2D eigenvalue weighted by Gasteiger charge is -2.13. The van der Waals surface area contributed by atoms with Gasteiger partial charge in [0.2, 0.25) is 10.0 Å². The maximum atomic E-state index is 12.1. The fraction of sp³-hybridized carbons (Fsp3) is 0.250. The molecule has 1 aromatic carbocycles. The lowest BCUT2D eigenvalue weighted by molar-refractivity contribution is -0.138. The van der Waals surface area contributed by atoms with Gasteiger partial charge in [0, 0.05) is 10.9 Å². The summed E-state index contributed by atoms with van der Waals surface area (Å²) in [6, 6.07) is 3.31. The number of carboxylic acid groups (broad SMARTS) is 1. The molecular formula is C12H12BrNO4S. The van der Waals surface area contributed by atoms with E-state index in [-0.39, 0.29) is 11.3 Å². The molecule has 1 rings (SSSR count). The molecule has 2 N–H and O–H groups in total. The molecule has 19 heavy (non-hydrogen) atoms. The molecule has 0 heterocycles. The number of carbonyl (C=O) groups is 1. The van der Waals surface area contributed by atoms with Crippen LogP contribution in [0.2, 0.25) is 0 Å². The molecule has 0 spiro atoms. The second kappa shape index (κ2) is 6.19. The van der Waals surface area contributed by atoms with Crippen LogP contribution in [0, 0.1) is 19.3 Å². The van der Waals surface area contributed by atoms with Gasteiger partial charge in [-0.2, -0.15) is 4.72 Å². The predicted molar refractivity (Wildman–Crippen MR) is 74.1 cm³/mol. The first-order valence-corrected chi connectivity index (χ1v) is 7.50. The molecule has 0 fully saturated rings. The van der Waals surface area contributed by atoms with Crippen molar-refractivity contribution < 1.29 is 18.3 Å². The Labute approximate surface area is 120 Å². The van der Waals surface area contributed by atoms with E-state index in [4.69, 9.17) is 11.5 Å². The molecule has 5 nitrogen and oxygen atoms in total. The summed E-state index contributed by atoms with van der Waals surface area (Å²) in [5.74, 6) is 0.812. The molecular weight excluding hydrogens is 334 g/mol. The van der Waals surface area contributed by atoms with E-state index in [2.05, 4.69) is 26.6 Å². The van der Waals surface area contributed by atoms with Crippen LogP contribution < -0.4 is 4.72 Å². The molecule has 102 valence electrons. The van der Waals surface area contributed by atoms with Gasteiger partial charge in [0.15, 0.2) is 0 Å². The Balaban J connectivity index is 3.11. The van der Waals surface area contributed by atoms with E-state index in [1.165, 1.54) is 6.07 Å². The zero-order valence-corrected chi connectivity index (χ0v) is 12.5. The number of sulfonamides is 1. The minimum absolute atomic E-state index is 0.0265. The van der Waals surface area contributed by atoms with Crippen LogP contribution in [-0.2, 0) is 14.8 Å². The Hall–Kier alpha value is -1.36. The first kappa shape index (κ1) is 15.7. The Morgan fingerprint density at radius 2 is 2.21 bits per heavy atom. The lowest BCUT2D eigenvalue weighted by atomic mass is 10.2. The van der Waals surface area contributed by atoms with E-state index < -0.39 is 22.0 Å². The zero-order chi connectivity index (χ0) is 14.6. The van der Waals surface area contributed by atoms with E-state index in [1.807, 2.05) is 6.92 Å². The van der Waals surface area contributed by atoms with E-state index in [9.17, 15) is 13.2 Å². The SMILES string of the molecule is C#CCC(NS(=O)(=O)c1ccc(C)cc1Br)C(=O)O. The van der Waals surface area contributed by atoms with Crippen LogP contribution in [0.25, 0.3) is 0 Å². The van der Waals surface area contributed by atoms with Gasteiger partial charge in [0.25, 0.3) is 0 Å². The maximum absolute atomic E-state index is 12.1. The van der Waals surface area contributed by atoms with Gasteiger partial charge in [0.05, 0.1) is 4.90 Å². The largest absolute Gasteiger partial charge is 0.480 e. The molecule has 0 aromatic heterocycles. The fourth-order valence-electron chi connectivity index (χ4n) is 1.37. The Kier molecular flexibility index (Phi) is 5.11. The van der Waals surface area contributed by atoms with Crippen molar-refractivity contribution in [2.75, 3.05) is 0 Å². The van der Waals surface area contributed by atoms with Gasteiger partial charge in [0.1, 0.15) is 6.04 Å². The third kappa shape index (κ3) is 4.06. The zero-order valence-electron chi connectivity index (χ0n) is 10.1. The Morgan fingerprint density at radius 1 is 1.58 bits per heavy atom. The second-order valence-electron chi connectivity index (χ2n) is 3.85. The van der Waals surface area contributed by atoms with E-state index >= 15 is 0 Å². The molecule has 0 bridgehead atoms. The van der Waals surface area contributed by atoms with Crippen molar-refractivity contribution in [3.63, 3.8) is 0 Å². The number of aryl methyl sites for hydroxylation is 1. The molecule has 1 unspecified atom stereocenters. The van der Waals surface area contributed by atoms with Crippen molar-refractivity contribution >= 4 is 31.9 Å². The number of carboxylic acids is 1. The molecule has 0 amide bonds. The van der Waals surface area contributed by atoms with E-state index in [1.54, 1.807) is 12.1 Å². The van der Waals surface area contributed by atoms with Crippen LogP contribution in [-0.4, -0.2) is 25.5 Å². The van der Waals surface area contributed by atoms with Gasteiger partial charge in [-0.15, -0.1) is 12.3 Å². The van der Waals surface area contributed by atoms with Crippen molar-refractivity contribution in [1.29, 1.82) is 0 Å². The number of benzene rings is 1.